The van der Waals surface area contributed by atoms with Crippen molar-refractivity contribution in [2.24, 2.45) is 0 Å². The number of hydrogen-bond acceptors (Lipinski definition) is 3. The second kappa shape index (κ2) is 6.78. The van der Waals surface area contributed by atoms with E-state index in [1.54, 1.807) is 31.4 Å². The van der Waals surface area contributed by atoms with Crippen molar-refractivity contribution >= 4 is 17.9 Å². The van der Waals surface area contributed by atoms with Crippen LogP contribution in [0, 0.1) is 0 Å². The van der Waals surface area contributed by atoms with Crippen molar-refractivity contribution in [3.8, 4) is 17.0 Å². The quantitative estimate of drug-likeness (QED) is 0.627. The molecule has 2 heterocycles. The Morgan fingerprint density at radius 1 is 0.931 bits per heavy atom. The molecule has 0 radical (unpaired) electrons. The molecule has 0 bridgehead atoms. The molecule has 5 nitrogen and oxygen atoms in total. The zero-order valence-electron chi connectivity index (χ0n) is 16.1. The molecule has 5 heteroatoms. The molecule has 3 aromatic rings. The van der Waals surface area contributed by atoms with E-state index in [1.807, 2.05) is 28.9 Å². The fourth-order valence-corrected chi connectivity index (χ4v) is 4.11. The van der Waals surface area contributed by atoms with Crippen molar-refractivity contribution in [1.82, 2.24) is 4.68 Å². The summed E-state index contributed by atoms with van der Waals surface area (Å²) in [6.45, 7) is 0. The molecular weight excluding hydrogens is 364 g/mol. The van der Waals surface area contributed by atoms with Gasteiger partial charge in [0.05, 0.1) is 23.9 Å². The van der Waals surface area contributed by atoms with Gasteiger partial charge < -0.3 is 4.74 Å². The van der Waals surface area contributed by atoms with Crippen LogP contribution in [0.3, 0.4) is 0 Å². The Labute approximate surface area is 168 Å². The molecule has 2 amide bonds. The highest BCUT2D eigenvalue weighted by atomic mass is 16.5. The highest BCUT2D eigenvalue weighted by molar-refractivity contribution is 6.30. The van der Waals surface area contributed by atoms with Gasteiger partial charge in [0.25, 0.3) is 11.8 Å². The van der Waals surface area contributed by atoms with Gasteiger partial charge in [-0.25, -0.2) is 4.68 Å². The summed E-state index contributed by atoms with van der Waals surface area (Å²) in [7, 11) is 1.63. The van der Waals surface area contributed by atoms with E-state index >= 15 is 0 Å². The van der Waals surface area contributed by atoms with Gasteiger partial charge in [0, 0.05) is 11.3 Å². The molecule has 144 valence electrons. The number of rotatable bonds is 3. The van der Waals surface area contributed by atoms with Crippen LogP contribution in [0.1, 0.15) is 44.8 Å². The van der Waals surface area contributed by atoms with Crippen LogP contribution in [-0.2, 0) is 6.42 Å². The second-order valence-corrected chi connectivity index (χ2v) is 7.23. The molecule has 1 aliphatic heterocycles. The minimum absolute atomic E-state index is 0.285. The number of fused-ring (bicyclic) bond motifs is 2. The van der Waals surface area contributed by atoms with Gasteiger partial charge in [0.1, 0.15) is 5.75 Å². The molecule has 1 aliphatic carbocycles. The average molecular weight is 384 g/mol. The molecule has 2 aliphatic rings. The van der Waals surface area contributed by atoms with Gasteiger partial charge >= 0.3 is 0 Å². The van der Waals surface area contributed by atoms with E-state index in [0.717, 1.165) is 47.5 Å². The van der Waals surface area contributed by atoms with Crippen molar-refractivity contribution in [2.75, 3.05) is 12.1 Å². The largest absolute Gasteiger partial charge is 0.497 e. The van der Waals surface area contributed by atoms with Crippen LogP contribution in [0.15, 0.2) is 60.7 Å². The Morgan fingerprint density at radius 3 is 2.28 bits per heavy atom. The standard InChI is InChI=1S/C24H20N2O3/c1-29-18-13-11-16(12-14-18)22-15-17-7-3-2-4-10-21(17)25(22)26-23(27)19-8-5-6-9-20(19)24(26)28/h3,5-9,11-15H,2,4,10H2,1H3. The number of carbonyl (C=O) groups is 2. The topological polar surface area (TPSA) is 51.5 Å². The van der Waals surface area contributed by atoms with Gasteiger partial charge in [-0.2, -0.15) is 5.01 Å². The summed E-state index contributed by atoms with van der Waals surface area (Å²) in [5, 5.41) is 1.29. The van der Waals surface area contributed by atoms with Gasteiger partial charge in [-0.1, -0.05) is 24.3 Å². The summed E-state index contributed by atoms with van der Waals surface area (Å²) in [5.41, 5.74) is 4.67. The first kappa shape index (κ1) is 17.5. The molecule has 29 heavy (non-hydrogen) atoms. The number of methoxy groups -OCH3 is 1. The molecule has 0 saturated heterocycles. The Hall–Kier alpha value is -3.60. The highest BCUT2D eigenvalue weighted by Gasteiger charge is 2.39. The van der Waals surface area contributed by atoms with Crippen LogP contribution in [0.5, 0.6) is 5.75 Å². The van der Waals surface area contributed by atoms with E-state index in [4.69, 9.17) is 4.74 Å². The molecule has 0 atom stereocenters. The molecule has 0 saturated carbocycles. The SMILES string of the molecule is COc1ccc(-c2cc3c(n2N2C(=O)c4ccccc4C2=O)CCCC=C3)cc1. The predicted octanol–water partition coefficient (Wildman–Crippen LogP) is 4.45. The van der Waals surface area contributed by atoms with Crippen LogP contribution in [-0.4, -0.2) is 23.6 Å². The first-order valence-electron chi connectivity index (χ1n) is 9.72. The average Bonchev–Trinajstić information content (AvgIpc) is 3.11. The summed E-state index contributed by atoms with van der Waals surface area (Å²) in [4.78, 5) is 26.4. The fourth-order valence-electron chi connectivity index (χ4n) is 4.11. The number of nitrogens with zero attached hydrogens (tertiary/aromatic N) is 2. The molecule has 0 spiro atoms. The van der Waals surface area contributed by atoms with Crippen LogP contribution in [0.2, 0.25) is 0 Å². The maximum absolute atomic E-state index is 13.2. The number of imide groups is 1. The number of carbonyl (C=O) groups excluding carboxylic acids is 2. The normalized spacial score (nSPS) is 15.3. The molecule has 0 N–H and O–H groups in total. The van der Waals surface area contributed by atoms with Gasteiger partial charge in [0.15, 0.2) is 0 Å². The maximum Gasteiger partial charge on any atom is 0.281 e. The Bertz CT molecular complexity index is 1120. The zero-order valence-corrected chi connectivity index (χ0v) is 16.1. The first-order chi connectivity index (χ1) is 14.2. The van der Waals surface area contributed by atoms with E-state index in [2.05, 4.69) is 18.2 Å². The molecule has 1 aromatic heterocycles. The lowest BCUT2D eigenvalue weighted by molar-refractivity contribution is 0.0885. The molecule has 5 rings (SSSR count). The monoisotopic (exact) mass is 384 g/mol. The minimum atomic E-state index is -0.285. The Kier molecular flexibility index (Phi) is 4.09. The fraction of sp³-hybridized carbons (Fsp3) is 0.167. The van der Waals surface area contributed by atoms with Crippen LogP contribution in [0.25, 0.3) is 17.3 Å². The predicted molar refractivity (Wildman–Crippen MR) is 112 cm³/mol. The van der Waals surface area contributed by atoms with Crippen molar-refractivity contribution in [3.05, 3.63) is 83.1 Å². The smallest absolute Gasteiger partial charge is 0.281 e. The third-order valence-corrected chi connectivity index (χ3v) is 5.55. The van der Waals surface area contributed by atoms with Crippen LogP contribution in [0.4, 0.5) is 0 Å². The molecule has 0 fully saturated rings. The zero-order chi connectivity index (χ0) is 20.0. The number of allylic oxidation sites excluding steroid dienone is 1. The van der Waals surface area contributed by atoms with Crippen LogP contribution >= 0.6 is 0 Å². The second-order valence-electron chi connectivity index (χ2n) is 7.23. The van der Waals surface area contributed by atoms with E-state index in [0.29, 0.717) is 11.1 Å². The van der Waals surface area contributed by atoms with Crippen molar-refractivity contribution in [2.45, 2.75) is 19.3 Å². The van der Waals surface area contributed by atoms with E-state index in [-0.39, 0.29) is 11.8 Å². The van der Waals surface area contributed by atoms with Crippen molar-refractivity contribution < 1.29 is 14.3 Å². The van der Waals surface area contributed by atoms with E-state index in [1.165, 1.54) is 5.01 Å². The lowest BCUT2D eigenvalue weighted by atomic mass is 10.1. The number of benzene rings is 2. The number of amides is 2. The highest BCUT2D eigenvalue weighted by Crippen LogP contribution is 2.34. The minimum Gasteiger partial charge on any atom is -0.497 e. The van der Waals surface area contributed by atoms with Gasteiger partial charge in [-0.05, 0) is 67.3 Å². The third kappa shape index (κ3) is 2.70. The lowest BCUT2D eigenvalue weighted by Gasteiger charge is -2.22. The van der Waals surface area contributed by atoms with E-state index < -0.39 is 0 Å². The summed E-state index contributed by atoms with van der Waals surface area (Å²) < 4.78 is 7.09. The summed E-state index contributed by atoms with van der Waals surface area (Å²) in [6.07, 6.45) is 6.99. The summed E-state index contributed by atoms with van der Waals surface area (Å²) in [6, 6.07) is 16.7. The number of aromatic nitrogens is 1. The van der Waals surface area contributed by atoms with E-state index in [9.17, 15) is 9.59 Å². The van der Waals surface area contributed by atoms with Gasteiger partial charge in [0.2, 0.25) is 0 Å². The third-order valence-electron chi connectivity index (χ3n) is 5.55. The summed E-state index contributed by atoms with van der Waals surface area (Å²) >= 11 is 0. The Morgan fingerprint density at radius 2 is 1.62 bits per heavy atom. The maximum atomic E-state index is 13.2. The molecule has 2 aromatic carbocycles. The lowest BCUT2D eigenvalue weighted by Crippen LogP contribution is -2.41. The van der Waals surface area contributed by atoms with Gasteiger partial charge in [-0.3, -0.25) is 9.59 Å². The van der Waals surface area contributed by atoms with Gasteiger partial charge in [-0.15, -0.1) is 0 Å². The molecule has 0 unspecified atom stereocenters. The Balaban J connectivity index is 1.71. The van der Waals surface area contributed by atoms with Crippen LogP contribution < -0.4 is 9.75 Å². The number of ether oxygens (including phenoxy) is 1. The number of hydrogen-bond donors (Lipinski definition) is 0. The summed E-state index contributed by atoms with van der Waals surface area (Å²) in [5.74, 6) is 0.188. The van der Waals surface area contributed by atoms with Crippen molar-refractivity contribution in [1.29, 1.82) is 0 Å². The molecular formula is C24H20N2O3. The first-order valence-corrected chi connectivity index (χ1v) is 9.72. The van der Waals surface area contributed by atoms with Crippen molar-refractivity contribution in [3.63, 3.8) is 0 Å².